The largest absolute Gasteiger partial charge is 1.00 e. The van der Waals surface area contributed by atoms with Crippen molar-refractivity contribution in [3.8, 4) is 0 Å². The predicted octanol–water partition coefficient (Wildman–Crippen LogP) is -3.99. The third-order valence-corrected chi connectivity index (χ3v) is 0.705. The molecule has 42 valence electrons. The van der Waals surface area contributed by atoms with Crippen molar-refractivity contribution in [3.05, 3.63) is 0 Å². The lowest BCUT2D eigenvalue weighted by Crippen LogP contribution is -3.00. The van der Waals surface area contributed by atoms with Gasteiger partial charge in [0, 0.05) is 13.0 Å². The molecule has 0 radical (unpaired) electrons. The SMILES string of the molecule is O=C1CCNN1.[Cl-]. The fourth-order valence-corrected chi connectivity index (χ4v) is 0.400. The third kappa shape index (κ3) is 1.75. The van der Waals surface area contributed by atoms with Crippen molar-refractivity contribution in [3.63, 3.8) is 0 Å². The molecule has 0 bridgehead atoms. The normalized spacial score (nSPS) is 18.0. The summed E-state index contributed by atoms with van der Waals surface area (Å²) in [6.07, 6.45) is 0.625. The van der Waals surface area contributed by atoms with Crippen molar-refractivity contribution >= 4 is 5.91 Å². The van der Waals surface area contributed by atoms with Crippen LogP contribution < -0.4 is 23.3 Å². The van der Waals surface area contributed by atoms with Crippen LogP contribution in [0.25, 0.3) is 0 Å². The van der Waals surface area contributed by atoms with Gasteiger partial charge in [-0.15, -0.1) is 0 Å². The molecule has 1 rings (SSSR count). The monoisotopic (exact) mass is 121 g/mol. The Balaban J connectivity index is 0.000000360. The summed E-state index contributed by atoms with van der Waals surface area (Å²) in [4.78, 5) is 10.1. The number of hydrogen-bond donors (Lipinski definition) is 2. The molecule has 1 saturated heterocycles. The molecule has 4 heteroatoms. The van der Waals surface area contributed by atoms with Gasteiger partial charge in [0.05, 0.1) is 0 Å². The number of carbonyl (C=O) groups is 1. The zero-order chi connectivity index (χ0) is 4.41. The molecule has 1 heterocycles. The molecule has 0 aromatic carbocycles. The van der Waals surface area contributed by atoms with Crippen molar-refractivity contribution in [2.75, 3.05) is 6.54 Å². The van der Waals surface area contributed by atoms with E-state index in [1.807, 2.05) is 0 Å². The fourth-order valence-electron chi connectivity index (χ4n) is 0.400. The fraction of sp³-hybridized carbons (Fsp3) is 0.667. The molecule has 0 aromatic rings. The minimum Gasteiger partial charge on any atom is -1.00 e. The summed E-state index contributed by atoms with van der Waals surface area (Å²) in [7, 11) is 0. The van der Waals surface area contributed by atoms with E-state index in [0.717, 1.165) is 6.54 Å². The van der Waals surface area contributed by atoms with Crippen LogP contribution in [0.2, 0.25) is 0 Å². The number of halogens is 1. The smallest absolute Gasteiger partial charge is 0.235 e. The molecule has 2 N–H and O–H groups in total. The van der Waals surface area contributed by atoms with E-state index >= 15 is 0 Å². The molecule has 0 spiro atoms. The number of hydrogen-bond acceptors (Lipinski definition) is 2. The Labute approximate surface area is 47.8 Å². The maximum Gasteiger partial charge on any atom is 0.235 e. The Morgan fingerprint density at radius 3 is 2.43 bits per heavy atom. The maximum absolute atomic E-state index is 10.1. The molecule has 3 nitrogen and oxygen atoms in total. The van der Waals surface area contributed by atoms with Gasteiger partial charge >= 0.3 is 0 Å². The van der Waals surface area contributed by atoms with Crippen LogP contribution in [-0.2, 0) is 4.79 Å². The zero-order valence-electron chi connectivity index (χ0n) is 3.70. The highest BCUT2D eigenvalue weighted by molar-refractivity contribution is 5.77. The highest BCUT2D eigenvalue weighted by atomic mass is 35.5. The Morgan fingerprint density at radius 2 is 2.29 bits per heavy atom. The highest BCUT2D eigenvalue weighted by Crippen LogP contribution is 1.79. The van der Waals surface area contributed by atoms with Gasteiger partial charge in [0.2, 0.25) is 5.91 Å². The van der Waals surface area contributed by atoms with Gasteiger partial charge < -0.3 is 12.4 Å². The second kappa shape index (κ2) is 2.82. The van der Waals surface area contributed by atoms with Crippen LogP contribution in [-0.4, -0.2) is 12.5 Å². The molecular formula is C3H6ClN2O-. The topological polar surface area (TPSA) is 41.1 Å². The first-order valence-electron chi connectivity index (χ1n) is 1.91. The highest BCUT2D eigenvalue weighted by Gasteiger charge is 2.04. The summed E-state index contributed by atoms with van der Waals surface area (Å²) in [5.74, 6) is 0.0926. The van der Waals surface area contributed by atoms with Crippen molar-refractivity contribution < 1.29 is 17.2 Å². The van der Waals surface area contributed by atoms with Crippen molar-refractivity contribution in [1.29, 1.82) is 0 Å². The van der Waals surface area contributed by atoms with Crippen molar-refractivity contribution in [2.45, 2.75) is 6.42 Å². The number of amides is 1. The lowest BCUT2D eigenvalue weighted by Gasteiger charge is -1.83. The number of nitrogens with one attached hydrogen (secondary N) is 2. The lowest BCUT2D eigenvalue weighted by molar-refractivity contribution is -0.119. The van der Waals surface area contributed by atoms with E-state index < -0.39 is 0 Å². The van der Waals surface area contributed by atoms with E-state index in [1.165, 1.54) is 0 Å². The Morgan fingerprint density at radius 1 is 1.57 bits per heavy atom. The molecule has 1 aliphatic heterocycles. The standard InChI is InChI=1S/C3H6N2O.ClH/c6-3-1-2-4-5-3;/h4H,1-2H2,(H,5,6);1H/p-1. The summed E-state index contributed by atoms with van der Waals surface area (Å²) >= 11 is 0. The molecule has 0 saturated carbocycles. The van der Waals surface area contributed by atoms with Gasteiger partial charge in [-0.1, -0.05) is 0 Å². The molecule has 1 aliphatic rings. The second-order valence-electron chi connectivity index (χ2n) is 1.22. The average molecular weight is 122 g/mol. The van der Waals surface area contributed by atoms with Gasteiger partial charge in [-0.25, -0.2) is 5.43 Å². The lowest BCUT2D eigenvalue weighted by atomic mass is 10.5. The molecule has 0 atom stereocenters. The first-order valence-corrected chi connectivity index (χ1v) is 1.91. The Kier molecular flexibility index (Phi) is 2.71. The quantitative estimate of drug-likeness (QED) is 0.343. The van der Waals surface area contributed by atoms with Gasteiger partial charge in [-0.2, -0.15) is 0 Å². The summed E-state index contributed by atoms with van der Waals surface area (Å²) in [6, 6.07) is 0. The van der Waals surface area contributed by atoms with Crippen molar-refractivity contribution in [2.24, 2.45) is 0 Å². The minimum absolute atomic E-state index is 0. The van der Waals surface area contributed by atoms with E-state index in [9.17, 15) is 4.79 Å². The van der Waals surface area contributed by atoms with E-state index in [1.54, 1.807) is 0 Å². The van der Waals surface area contributed by atoms with E-state index in [2.05, 4.69) is 10.9 Å². The molecule has 7 heavy (non-hydrogen) atoms. The Hall–Kier alpha value is -0.280. The first-order chi connectivity index (χ1) is 2.89. The molecule has 0 aliphatic carbocycles. The summed E-state index contributed by atoms with van der Waals surface area (Å²) in [5.41, 5.74) is 5.10. The van der Waals surface area contributed by atoms with E-state index in [4.69, 9.17) is 0 Å². The van der Waals surface area contributed by atoms with Crippen LogP contribution in [0.1, 0.15) is 6.42 Å². The van der Waals surface area contributed by atoms with Crippen LogP contribution in [0.5, 0.6) is 0 Å². The summed E-state index contributed by atoms with van der Waals surface area (Å²) in [5, 5.41) is 0. The predicted molar refractivity (Wildman–Crippen MR) is 20.8 cm³/mol. The van der Waals surface area contributed by atoms with Crippen LogP contribution >= 0.6 is 0 Å². The molecule has 0 aromatic heterocycles. The van der Waals surface area contributed by atoms with E-state index in [0.29, 0.717) is 6.42 Å². The molecule has 0 unspecified atom stereocenters. The van der Waals surface area contributed by atoms with Gasteiger partial charge in [-0.3, -0.25) is 10.2 Å². The average Bonchev–Trinajstić information content (AvgIpc) is 1.86. The van der Waals surface area contributed by atoms with Gasteiger partial charge in [0.25, 0.3) is 0 Å². The van der Waals surface area contributed by atoms with Crippen LogP contribution in [0, 0.1) is 0 Å². The number of carbonyl (C=O) groups excluding carboxylic acids is 1. The van der Waals surface area contributed by atoms with Crippen LogP contribution in [0.3, 0.4) is 0 Å². The molecule has 1 fully saturated rings. The summed E-state index contributed by atoms with van der Waals surface area (Å²) in [6.45, 7) is 0.777. The third-order valence-electron chi connectivity index (χ3n) is 0.705. The van der Waals surface area contributed by atoms with Crippen LogP contribution in [0.15, 0.2) is 0 Å². The summed E-state index contributed by atoms with van der Waals surface area (Å²) < 4.78 is 0. The zero-order valence-corrected chi connectivity index (χ0v) is 4.46. The molecular weight excluding hydrogens is 115 g/mol. The Bertz CT molecular complexity index is 67.3. The van der Waals surface area contributed by atoms with Gasteiger partial charge in [0.15, 0.2) is 0 Å². The molecule has 1 amide bonds. The van der Waals surface area contributed by atoms with Gasteiger partial charge in [-0.05, 0) is 0 Å². The maximum atomic E-state index is 10.1. The second-order valence-corrected chi connectivity index (χ2v) is 1.22. The van der Waals surface area contributed by atoms with E-state index in [-0.39, 0.29) is 18.3 Å². The van der Waals surface area contributed by atoms with Crippen LogP contribution in [0.4, 0.5) is 0 Å². The van der Waals surface area contributed by atoms with Gasteiger partial charge in [0.1, 0.15) is 0 Å². The first kappa shape index (κ1) is 6.72. The minimum atomic E-state index is 0. The number of hydrazine groups is 1. The van der Waals surface area contributed by atoms with Crippen molar-refractivity contribution in [1.82, 2.24) is 10.9 Å². The number of rotatable bonds is 0.